The largest absolute Gasteiger partial charge is 0.350 e. The van der Waals surface area contributed by atoms with Crippen LogP contribution >= 0.6 is 0 Å². The van der Waals surface area contributed by atoms with Crippen molar-refractivity contribution in [1.82, 2.24) is 25.3 Å². The van der Waals surface area contributed by atoms with Gasteiger partial charge in [-0.05, 0) is 45.1 Å². The zero-order chi connectivity index (χ0) is 21.5. The van der Waals surface area contributed by atoms with Crippen LogP contribution in [0.5, 0.6) is 0 Å². The maximum absolute atomic E-state index is 12.7. The first kappa shape index (κ1) is 20.1. The lowest BCUT2D eigenvalue weighted by Gasteiger charge is -2.20. The van der Waals surface area contributed by atoms with Crippen LogP contribution in [0.4, 0.5) is 4.79 Å². The number of benzene rings is 1. The molecule has 158 valence electrons. The van der Waals surface area contributed by atoms with Crippen molar-refractivity contribution in [1.29, 1.82) is 0 Å². The summed E-state index contributed by atoms with van der Waals surface area (Å²) in [6, 6.07) is 9.56. The quantitative estimate of drug-likeness (QED) is 0.683. The Morgan fingerprint density at radius 3 is 2.60 bits per heavy atom. The SMILES string of the molecule is Cc1nn(Cc2ccccc2)c(C)c1CNC(=O)CN1C(=O)NC(C)(C2CC2)C1=O. The van der Waals surface area contributed by atoms with Crippen molar-refractivity contribution in [2.75, 3.05) is 6.54 Å². The summed E-state index contributed by atoms with van der Waals surface area (Å²) in [4.78, 5) is 38.4. The van der Waals surface area contributed by atoms with E-state index in [-0.39, 0.29) is 24.3 Å². The van der Waals surface area contributed by atoms with E-state index in [1.807, 2.05) is 48.9 Å². The van der Waals surface area contributed by atoms with Crippen LogP contribution in [0.2, 0.25) is 0 Å². The van der Waals surface area contributed by atoms with E-state index in [0.717, 1.165) is 40.3 Å². The third-order valence-corrected chi connectivity index (χ3v) is 6.17. The molecular weight excluding hydrogens is 382 g/mol. The molecule has 1 aromatic carbocycles. The Bertz CT molecular complexity index is 996. The van der Waals surface area contributed by atoms with Crippen LogP contribution in [0, 0.1) is 19.8 Å². The smallest absolute Gasteiger partial charge is 0.325 e. The van der Waals surface area contributed by atoms with Gasteiger partial charge in [0.05, 0.1) is 12.2 Å². The second kappa shape index (κ2) is 7.59. The number of nitrogens with one attached hydrogen (secondary N) is 2. The minimum Gasteiger partial charge on any atom is -0.350 e. The molecule has 2 fully saturated rings. The van der Waals surface area contributed by atoms with E-state index >= 15 is 0 Å². The summed E-state index contributed by atoms with van der Waals surface area (Å²) in [7, 11) is 0. The van der Waals surface area contributed by atoms with Crippen molar-refractivity contribution in [3.05, 3.63) is 52.8 Å². The highest BCUT2D eigenvalue weighted by molar-refractivity contribution is 6.09. The molecule has 4 amide bonds. The van der Waals surface area contributed by atoms with Crippen LogP contribution in [0.3, 0.4) is 0 Å². The van der Waals surface area contributed by atoms with Gasteiger partial charge in [-0.15, -0.1) is 0 Å². The van der Waals surface area contributed by atoms with E-state index in [2.05, 4.69) is 15.7 Å². The number of rotatable bonds is 7. The molecule has 2 heterocycles. The Hall–Kier alpha value is -3.16. The second-order valence-electron chi connectivity index (χ2n) is 8.37. The molecule has 2 N–H and O–H groups in total. The van der Waals surface area contributed by atoms with Gasteiger partial charge in [0.15, 0.2) is 0 Å². The topological polar surface area (TPSA) is 96.3 Å². The molecule has 4 rings (SSSR count). The number of carbonyl (C=O) groups excluding carboxylic acids is 3. The Balaban J connectivity index is 1.37. The third-order valence-electron chi connectivity index (χ3n) is 6.17. The van der Waals surface area contributed by atoms with Crippen molar-refractivity contribution >= 4 is 17.8 Å². The van der Waals surface area contributed by atoms with Gasteiger partial charge in [0.25, 0.3) is 5.91 Å². The number of aromatic nitrogens is 2. The van der Waals surface area contributed by atoms with E-state index in [9.17, 15) is 14.4 Å². The molecule has 2 aromatic rings. The lowest BCUT2D eigenvalue weighted by Crippen LogP contribution is -2.47. The first-order chi connectivity index (χ1) is 14.3. The Kier molecular flexibility index (Phi) is 5.09. The van der Waals surface area contributed by atoms with Gasteiger partial charge in [-0.25, -0.2) is 4.79 Å². The van der Waals surface area contributed by atoms with Crippen LogP contribution in [-0.4, -0.2) is 44.6 Å². The van der Waals surface area contributed by atoms with Gasteiger partial charge in [-0.3, -0.25) is 19.2 Å². The molecule has 8 nitrogen and oxygen atoms in total. The first-order valence-electron chi connectivity index (χ1n) is 10.3. The molecule has 2 aliphatic rings. The van der Waals surface area contributed by atoms with Gasteiger partial charge >= 0.3 is 6.03 Å². The summed E-state index contributed by atoms with van der Waals surface area (Å²) in [5, 5.41) is 10.2. The maximum atomic E-state index is 12.7. The Morgan fingerprint density at radius 1 is 1.23 bits per heavy atom. The highest BCUT2D eigenvalue weighted by Gasteiger charge is 2.56. The minimum atomic E-state index is -0.872. The van der Waals surface area contributed by atoms with Crippen molar-refractivity contribution < 1.29 is 14.4 Å². The predicted molar refractivity (Wildman–Crippen MR) is 110 cm³/mol. The van der Waals surface area contributed by atoms with Gasteiger partial charge in [0.1, 0.15) is 12.1 Å². The van der Waals surface area contributed by atoms with Gasteiger partial charge < -0.3 is 10.6 Å². The van der Waals surface area contributed by atoms with Crippen molar-refractivity contribution in [2.45, 2.75) is 52.2 Å². The molecule has 1 unspecified atom stereocenters. The molecule has 1 aromatic heterocycles. The highest BCUT2D eigenvalue weighted by atomic mass is 16.2. The molecule has 1 atom stereocenters. The molecule has 0 spiro atoms. The fraction of sp³-hybridized carbons (Fsp3) is 0.455. The van der Waals surface area contributed by atoms with E-state index in [0.29, 0.717) is 13.1 Å². The number of urea groups is 1. The van der Waals surface area contributed by atoms with Crippen molar-refractivity contribution in [3.8, 4) is 0 Å². The molecule has 1 aliphatic carbocycles. The molecule has 30 heavy (non-hydrogen) atoms. The fourth-order valence-electron chi connectivity index (χ4n) is 4.08. The number of imide groups is 1. The van der Waals surface area contributed by atoms with E-state index in [1.54, 1.807) is 6.92 Å². The Morgan fingerprint density at radius 2 is 1.93 bits per heavy atom. The lowest BCUT2D eigenvalue weighted by atomic mass is 9.96. The van der Waals surface area contributed by atoms with Crippen molar-refractivity contribution in [2.24, 2.45) is 5.92 Å². The van der Waals surface area contributed by atoms with Crippen LogP contribution in [0.1, 0.15) is 42.3 Å². The normalized spacial score (nSPS) is 21.1. The highest BCUT2D eigenvalue weighted by Crippen LogP contribution is 2.42. The van der Waals surface area contributed by atoms with E-state index in [4.69, 9.17) is 0 Å². The summed E-state index contributed by atoms with van der Waals surface area (Å²) in [5.74, 6) is -0.510. The van der Waals surface area contributed by atoms with Gasteiger partial charge in [-0.2, -0.15) is 5.10 Å². The molecule has 0 bridgehead atoms. The zero-order valence-electron chi connectivity index (χ0n) is 17.6. The molecule has 1 saturated carbocycles. The maximum Gasteiger partial charge on any atom is 0.325 e. The van der Waals surface area contributed by atoms with E-state index in [1.165, 1.54) is 0 Å². The number of aryl methyl sites for hydroxylation is 1. The molecule has 8 heteroatoms. The first-order valence-corrected chi connectivity index (χ1v) is 10.3. The average Bonchev–Trinajstić information content (AvgIpc) is 3.50. The predicted octanol–water partition coefficient (Wildman–Crippen LogP) is 1.88. The fourth-order valence-corrected chi connectivity index (χ4v) is 4.08. The van der Waals surface area contributed by atoms with Crippen molar-refractivity contribution in [3.63, 3.8) is 0 Å². The summed E-state index contributed by atoms with van der Waals surface area (Å²) < 4.78 is 1.92. The summed E-state index contributed by atoms with van der Waals surface area (Å²) in [6.45, 7) is 6.32. The zero-order valence-corrected chi connectivity index (χ0v) is 17.6. The Labute approximate surface area is 175 Å². The van der Waals surface area contributed by atoms with Gasteiger partial charge in [0.2, 0.25) is 5.91 Å². The summed E-state index contributed by atoms with van der Waals surface area (Å²) >= 11 is 0. The van der Waals surface area contributed by atoms with Gasteiger partial charge in [0, 0.05) is 17.8 Å². The second-order valence-corrected chi connectivity index (χ2v) is 8.37. The number of nitrogens with zero attached hydrogens (tertiary/aromatic N) is 3. The van der Waals surface area contributed by atoms with E-state index < -0.39 is 11.6 Å². The van der Waals surface area contributed by atoms with Crippen LogP contribution in [0.15, 0.2) is 30.3 Å². The third kappa shape index (κ3) is 3.69. The van der Waals surface area contributed by atoms with Gasteiger partial charge in [-0.1, -0.05) is 30.3 Å². The molecule has 0 radical (unpaired) electrons. The lowest BCUT2D eigenvalue weighted by molar-refractivity contribution is -0.135. The van der Waals surface area contributed by atoms with Crippen LogP contribution in [0.25, 0.3) is 0 Å². The molecular formula is C22H27N5O3. The summed E-state index contributed by atoms with van der Waals surface area (Å²) in [6.07, 6.45) is 1.85. The average molecular weight is 409 g/mol. The number of hydrogen-bond donors (Lipinski definition) is 2. The standard InChI is InChI=1S/C22H27N5O3/c1-14-18(15(2)27(25-14)12-16-7-5-4-6-8-16)11-23-19(28)13-26-20(29)22(3,17-9-10-17)24-21(26)30/h4-8,17H,9-13H2,1-3H3,(H,23,28)(H,24,30). The summed E-state index contributed by atoms with van der Waals surface area (Å²) in [5.41, 5.74) is 3.05. The van der Waals surface area contributed by atoms with Crippen LogP contribution < -0.4 is 10.6 Å². The van der Waals surface area contributed by atoms with Crippen LogP contribution in [-0.2, 0) is 22.7 Å². The molecule has 1 aliphatic heterocycles. The minimum absolute atomic E-state index is 0.169. The monoisotopic (exact) mass is 409 g/mol. The molecule has 1 saturated heterocycles. The number of carbonyl (C=O) groups is 3. The number of hydrogen-bond acceptors (Lipinski definition) is 4. The number of amides is 4.